The summed E-state index contributed by atoms with van der Waals surface area (Å²) in [5.41, 5.74) is -0.249. The average molecular weight is 265 g/mol. The molecule has 1 saturated carbocycles. The number of likely N-dealkylation sites (N-methyl/N-ethyl adjacent to an activating group) is 1. The first kappa shape index (κ1) is 14.0. The van der Waals surface area contributed by atoms with Crippen molar-refractivity contribution < 1.29 is 14.3 Å². The number of hydrogen-bond acceptors (Lipinski definition) is 2. The molecule has 0 aromatic heterocycles. The molecule has 0 aliphatic heterocycles. The van der Waals surface area contributed by atoms with Crippen LogP contribution in [-0.2, 0) is 10.2 Å². The Labute approximate surface area is 113 Å². The summed E-state index contributed by atoms with van der Waals surface area (Å²) in [5, 5.41) is 9.36. The van der Waals surface area contributed by atoms with Crippen molar-refractivity contribution in [1.82, 2.24) is 4.90 Å². The van der Waals surface area contributed by atoms with Crippen molar-refractivity contribution in [2.75, 3.05) is 13.7 Å². The fourth-order valence-electron chi connectivity index (χ4n) is 2.22. The van der Waals surface area contributed by atoms with Crippen LogP contribution in [0.4, 0.5) is 4.39 Å². The van der Waals surface area contributed by atoms with Gasteiger partial charge >= 0.3 is 0 Å². The van der Waals surface area contributed by atoms with Crippen molar-refractivity contribution in [3.05, 3.63) is 35.6 Å². The van der Waals surface area contributed by atoms with Crippen molar-refractivity contribution >= 4 is 5.91 Å². The molecule has 2 rings (SSSR count). The van der Waals surface area contributed by atoms with Crippen LogP contribution >= 0.6 is 0 Å². The monoisotopic (exact) mass is 265 g/mol. The Kier molecular flexibility index (Phi) is 3.39. The van der Waals surface area contributed by atoms with Crippen LogP contribution in [0.3, 0.4) is 0 Å². The first-order valence-electron chi connectivity index (χ1n) is 6.49. The van der Waals surface area contributed by atoms with Gasteiger partial charge in [-0.2, -0.15) is 0 Å². The minimum absolute atomic E-state index is 0.00171. The standard InChI is InChI=1S/C15H20FNO2/c1-14(2,10-18)17(3)13(19)15(8-9-15)11-4-6-12(16)7-5-11/h4-7,18H,8-10H2,1-3H3. The molecule has 1 amide bonds. The average Bonchev–Trinajstić information content (AvgIpc) is 3.19. The van der Waals surface area contributed by atoms with Crippen LogP contribution in [0.1, 0.15) is 32.3 Å². The zero-order chi connectivity index (χ0) is 14.3. The lowest BCUT2D eigenvalue weighted by Gasteiger charge is -2.36. The summed E-state index contributed by atoms with van der Waals surface area (Å²) >= 11 is 0. The van der Waals surface area contributed by atoms with E-state index in [0.717, 1.165) is 18.4 Å². The lowest BCUT2D eigenvalue weighted by Crippen LogP contribution is -2.51. The fraction of sp³-hybridized carbons (Fsp3) is 0.533. The van der Waals surface area contributed by atoms with E-state index < -0.39 is 11.0 Å². The van der Waals surface area contributed by atoms with Gasteiger partial charge in [0.1, 0.15) is 5.82 Å². The third-order valence-electron chi connectivity index (χ3n) is 4.16. The van der Waals surface area contributed by atoms with Gasteiger partial charge in [-0.3, -0.25) is 4.79 Å². The third kappa shape index (κ3) is 2.37. The first-order chi connectivity index (χ1) is 8.83. The van der Waals surface area contributed by atoms with E-state index in [4.69, 9.17) is 0 Å². The van der Waals surface area contributed by atoms with E-state index in [9.17, 15) is 14.3 Å². The molecule has 104 valence electrons. The highest BCUT2D eigenvalue weighted by Crippen LogP contribution is 2.50. The molecule has 0 bridgehead atoms. The third-order valence-corrected chi connectivity index (χ3v) is 4.16. The number of benzene rings is 1. The summed E-state index contributed by atoms with van der Waals surface area (Å²) in [6, 6.07) is 6.14. The summed E-state index contributed by atoms with van der Waals surface area (Å²) in [7, 11) is 1.71. The number of aliphatic hydroxyl groups excluding tert-OH is 1. The highest BCUT2D eigenvalue weighted by atomic mass is 19.1. The molecule has 0 saturated heterocycles. The number of nitrogens with zero attached hydrogens (tertiary/aromatic N) is 1. The summed E-state index contributed by atoms with van der Waals surface area (Å²) in [4.78, 5) is 14.2. The molecular formula is C15H20FNO2. The second kappa shape index (κ2) is 4.60. The van der Waals surface area contributed by atoms with Gasteiger partial charge in [0, 0.05) is 7.05 Å². The smallest absolute Gasteiger partial charge is 0.233 e. The van der Waals surface area contributed by atoms with Crippen molar-refractivity contribution in [3.8, 4) is 0 Å². The summed E-state index contributed by atoms with van der Waals surface area (Å²) in [6.45, 7) is 3.56. The Morgan fingerprint density at radius 3 is 2.32 bits per heavy atom. The number of hydrogen-bond donors (Lipinski definition) is 1. The topological polar surface area (TPSA) is 40.5 Å². The van der Waals surface area contributed by atoms with Crippen LogP contribution in [0, 0.1) is 5.82 Å². The maximum Gasteiger partial charge on any atom is 0.233 e. The SMILES string of the molecule is CN(C(=O)C1(c2ccc(F)cc2)CC1)C(C)(C)CO. The van der Waals surface area contributed by atoms with Gasteiger partial charge in [-0.1, -0.05) is 12.1 Å². The van der Waals surface area contributed by atoms with Crippen molar-refractivity contribution in [2.45, 2.75) is 37.6 Å². The summed E-state index contributed by atoms with van der Waals surface area (Å²) in [5.74, 6) is -0.297. The molecule has 4 heteroatoms. The van der Waals surface area contributed by atoms with E-state index >= 15 is 0 Å². The largest absolute Gasteiger partial charge is 0.394 e. The lowest BCUT2D eigenvalue weighted by atomic mass is 9.92. The van der Waals surface area contributed by atoms with Gasteiger partial charge in [-0.15, -0.1) is 0 Å². The van der Waals surface area contributed by atoms with Gasteiger partial charge in [-0.05, 0) is 44.4 Å². The minimum Gasteiger partial charge on any atom is -0.394 e. The normalized spacial score (nSPS) is 17.1. The molecule has 1 aliphatic carbocycles. The number of rotatable bonds is 4. The quantitative estimate of drug-likeness (QED) is 0.905. The van der Waals surface area contributed by atoms with Crippen LogP contribution < -0.4 is 0 Å². The van der Waals surface area contributed by atoms with Gasteiger partial charge in [0.05, 0.1) is 17.6 Å². The number of carbonyl (C=O) groups excluding carboxylic acids is 1. The lowest BCUT2D eigenvalue weighted by molar-refractivity contribution is -0.138. The highest BCUT2D eigenvalue weighted by molar-refractivity contribution is 5.91. The van der Waals surface area contributed by atoms with Crippen molar-refractivity contribution in [2.24, 2.45) is 0 Å². The molecule has 3 nitrogen and oxygen atoms in total. The van der Waals surface area contributed by atoms with E-state index in [2.05, 4.69) is 0 Å². The predicted molar refractivity (Wildman–Crippen MR) is 71.2 cm³/mol. The maximum absolute atomic E-state index is 13.0. The molecular weight excluding hydrogens is 245 g/mol. The Balaban J connectivity index is 2.26. The molecule has 1 fully saturated rings. The molecule has 1 N–H and O–H groups in total. The first-order valence-corrected chi connectivity index (χ1v) is 6.49. The van der Waals surface area contributed by atoms with E-state index in [1.54, 1.807) is 24.1 Å². The van der Waals surface area contributed by atoms with E-state index in [-0.39, 0.29) is 18.3 Å². The molecule has 19 heavy (non-hydrogen) atoms. The Hall–Kier alpha value is -1.42. The van der Waals surface area contributed by atoms with E-state index in [1.807, 2.05) is 13.8 Å². The molecule has 0 heterocycles. The number of amides is 1. The number of halogens is 1. The van der Waals surface area contributed by atoms with E-state index in [1.165, 1.54) is 12.1 Å². The Bertz CT molecular complexity index is 477. The van der Waals surface area contributed by atoms with Crippen molar-refractivity contribution in [3.63, 3.8) is 0 Å². The van der Waals surface area contributed by atoms with Gasteiger partial charge in [-0.25, -0.2) is 4.39 Å². The highest BCUT2D eigenvalue weighted by Gasteiger charge is 2.53. The molecule has 0 unspecified atom stereocenters. The zero-order valence-electron chi connectivity index (χ0n) is 11.6. The predicted octanol–water partition coefficient (Wildman–Crippen LogP) is 2.09. The molecule has 0 spiro atoms. The van der Waals surface area contributed by atoms with Crippen molar-refractivity contribution in [1.29, 1.82) is 0 Å². The fourth-order valence-corrected chi connectivity index (χ4v) is 2.22. The van der Waals surface area contributed by atoms with E-state index in [0.29, 0.717) is 0 Å². The summed E-state index contributed by atoms with van der Waals surface area (Å²) < 4.78 is 13.0. The molecule has 0 atom stereocenters. The number of aliphatic hydroxyl groups is 1. The molecule has 1 aliphatic rings. The zero-order valence-corrected chi connectivity index (χ0v) is 11.6. The number of carbonyl (C=O) groups is 1. The molecule has 1 aromatic carbocycles. The van der Waals surface area contributed by atoms with Gasteiger partial charge in [0.25, 0.3) is 0 Å². The second-order valence-electron chi connectivity index (χ2n) is 5.92. The van der Waals surface area contributed by atoms with Crippen LogP contribution in [0.15, 0.2) is 24.3 Å². The van der Waals surface area contributed by atoms with Gasteiger partial charge in [0.2, 0.25) is 5.91 Å². The maximum atomic E-state index is 13.0. The van der Waals surface area contributed by atoms with Gasteiger partial charge < -0.3 is 10.0 Å². The Morgan fingerprint density at radius 2 is 1.89 bits per heavy atom. The molecule has 0 radical (unpaired) electrons. The second-order valence-corrected chi connectivity index (χ2v) is 5.92. The van der Waals surface area contributed by atoms with Crippen LogP contribution in [-0.4, -0.2) is 35.1 Å². The van der Waals surface area contributed by atoms with Crippen LogP contribution in [0.5, 0.6) is 0 Å². The van der Waals surface area contributed by atoms with Crippen LogP contribution in [0.25, 0.3) is 0 Å². The van der Waals surface area contributed by atoms with Gasteiger partial charge in [0.15, 0.2) is 0 Å². The minimum atomic E-state index is -0.591. The molecule has 1 aromatic rings. The summed E-state index contributed by atoms with van der Waals surface area (Å²) in [6.07, 6.45) is 1.56. The van der Waals surface area contributed by atoms with Crippen LogP contribution in [0.2, 0.25) is 0 Å². The Morgan fingerprint density at radius 1 is 1.37 bits per heavy atom.